The van der Waals surface area contributed by atoms with Crippen LogP contribution in [0.5, 0.6) is 11.5 Å². The van der Waals surface area contributed by atoms with Crippen molar-refractivity contribution >= 4 is 39.1 Å². The smallest absolute Gasteiger partial charge is 0.261 e. The maximum atomic E-state index is 12.7. The van der Waals surface area contributed by atoms with E-state index in [2.05, 4.69) is 25.3 Å². The maximum absolute atomic E-state index is 12.7. The molecule has 1 aliphatic carbocycles. The molecule has 2 aromatic heterocycles. The Morgan fingerprint density at radius 3 is 2.86 bits per heavy atom. The Morgan fingerprint density at radius 2 is 2.03 bits per heavy atom. The van der Waals surface area contributed by atoms with Crippen LogP contribution in [0.1, 0.15) is 46.6 Å². The van der Waals surface area contributed by atoms with Gasteiger partial charge in [-0.05, 0) is 63.0 Å². The van der Waals surface area contributed by atoms with Gasteiger partial charge in [0.15, 0.2) is 11.5 Å². The number of aromatic nitrogens is 2. The number of amides is 1. The lowest BCUT2D eigenvalue weighted by molar-refractivity contribution is 0.0955. The van der Waals surface area contributed by atoms with Crippen molar-refractivity contribution in [2.45, 2.75) is 31.7 Å². The molecular weight excluding hydrogens is 468 g/mol. The monoisotopic (exact) mass is 494 g/mol. The van der Waals surface area contributed by atoms with Crippen molar-refractivity contribution in [3.8, 4) is 11.5 Å². The first-order valence-electron chi connectivity index (χ1n) is 11.8. The second-order valence-electron chi connectivity index (χ2n) is 8.90. The summed E-state index contributed by atoms with van der Waals surface area (Å²) in [6.45, 7) is 3.61. The molecule has 3 N–H and O–H groups in total. The summed E-state index contributed by atoms with van der Waals surface area (Å²) in [6.07, 6.45) is 4.48. The lowest BCUT2D eigenvalue weighted by Gasteiger charge is -2.14. The molecule has 10 nitrogen and oxygen atoms in total. The van der Waals surface area contributed by atoms with Crippen LogP contribution in [-0.4, -0.2) is 65.6 Å². The van der Waals surface area contributed by atoms with Crippen molar-refractivity contribution in [1.29, 1.82) is 0 Å². The summed E-state index contributed by atoms with van der Waals surface area (Å²) in [5.41, 5.74) is 7.83. The second-order valence-corrected chi connectivity index (χ2v) is 9.93. The normalized spacial score (nSPS) is 17.8. The number of nitrogens with one attached hydrogen (secondary N) is 1. The Kier molecular flexibility index (Phi) is 5.86. The van der Waals surface area contributed by atoms with Crippen LogP contribution < -0.4 is 20.5 Å². The van der Waals surface area contributed by atoms with Crippen molar-refractivity contribution in [1.82, 2.24) is 20.2 Å². The molecule has 0 atom stereocenters. The van der Waals surface area contributed by atoms with E-state index in [-0.39, 0.29) is 24.7 Å². The van der Waals surface area contributed by atoms with Gasteiger partial charge in [-0.25, -0.2) is 9.97 Å². The summed E-state index contributed by atoms with van der Waals surface area (Å²) in [5.74, 6) is 1.29. The largest absolute Gasteiger partial charge is 0.454 e. The number of nitrogens with zero attached hydrogens (tertiary/aromatic N) is 4. The zero-order chi connectivity index (χ0) is 23.8. The number of benzene rings is 1. The predicted octanol–water partition coefficient (Wildman–Crippen LogP) is 2.76. The molecule has 3 aliphatic rings. The van der Waals surface area contributed by atoms with Crippen molar-refractivity contribution < 1.29 is 19.1 Å². The summed E-state index contributed by atoms with van der Waals surface area (Å²) in [7, 11) is 0. The number of fused-ring (bicyclic) bond motifs is 2. The Balaban J connectivity index is 1.36. The molecule has 1 saturated carbocycles. The number of carbonyl (C=O) groups is 1. The number of nitrogens with two attached hydrogens (primary N) is 1. The van der Waals surface area contributed by atoms with E-state index >= 15 is 0 Å². The number of nitrogen functional groups attached to an aromatic ring is 1. The molecule has 0 spiro atoms. The van der Waals surface area contributed by atoms with Crippen LogP contribution in [-0.2, 0) is 4.84 Å². The third-order valence-electron chi connectivity index (χ3n) is 6.27. The minimum atomic E-state index is -0.108. The number of anilines is 1. The molecule has 1 aromatic carbocycles. The lowest BCUT2D eigenvalue weighted by Crippen LogP contribution is -2.24. The topological polar surface area (TPSA) is 124 Å². The highest BCUT2D eigenvalue weighted by Gasteiger charge is 2.26. The van der Waals surface area contributed by atoms with E-state index in [4.69, 9.17) is 20.0 Å². The van der Waals surface area contributed by atoms with Gasteiger partial charge in [0.05, 0.1) is 4.88 Å². The van der Waals surface area contributed by atoms with Gasteiger partial charge in [-0.15, -0.1) is 11.3 Å². The average Bonchev–Trinajstić information content (AvgIpc) is 3.24. The molecule has 35 heavy (non-hydrogen) atoms. The van der Waals surface area contributed by atoms with Gasteiger partial charge >= 0.3 is 0 Å². The fourth-order valence-corrected chi connectivity index (χ4v) is 5.22. The fourth-order valence-electron chi connectivity index (χ4n) is 4.28. The summed E-state index contributed by atoms with van der Waals surface area (Å²) >= 11 is 1.29. The lowest BCUT2D eigenvalue weighted by atomic mass is 10.0. The zero-order valence-corrected chi connectivity index (χ0v) is 20.0. The van der Waals surface area contributed by atoms with Gasteiger partial charge in [0.1, 0.15) is 22.8 Å². The predicted molar refractivity (Wildman–Crippen MR) is 132 cm³/mol. The van der Waals surface area contributed by atoms with E-state index < -0.39 is 0 Å². The van der Waals surface area contributed by atoms with Crippen molar-refractivity contribution in [2.24, 2.45) is 5.16 Å². The molecule has 0 radical (unpaired) electrons. The molecule has 4 heterocycles. The van der Waals surface area contributed by atoms with E-state index in [1.807, 2.05) is 18.2 Å². The van der Waals surface area contributed by atoms with Crippen LogP contribution in [0.4, 0.5) is 5.95 Å². The molecular formula is C24H26N6O4S. The zero-order valence-electron chi connectivity index (χ0n) is 19.2. The van der Waals surface area contributed by atoms with Gasteiger partial charge in [0.25, 0.3) is 5.91 Å². The van der Waals surface area contributed by atoms with Crippen LogP contribution in [0, 0.1) is 0 Å². The summed E-state index contributed by atoms with van der Waals surface area (Å²) < 4.78 is 11.0. The van der Waals surface area contributed by atoms with E-state index in [0.29, 0.717) is 44.6 Å². The molecule has 11 heteroatoms. The first kappa shape index (κ1) is 22.1. The molecule has 3 aromatic rings. The van der Waals surface area contributed by atoms with Crippen LogP contribution in [0.3, 0.4) is 0 Å². The van der Waals surface area contributed by atoms with Gasteiger partial charge < -0.3 is 25.4 Å². The molecule has 1 amide bonds. The average molecular weight is 495 g/mol. The van der Waals surface area contributed by atoms with Crippen LogP contribution in [0.25, 0.3) is 10.2 Å². The number of hydrogen-bond acceptors (Lipinski definition) is 10. The van der Waals surface area contributed by atoms with Gasteiger partial charge in [-0.2, -0.15) is 0 Å². The molecule has 6 rings (SSSR count). The standard InChI is InChI=1S/C24H26N6O4S/c25-24-27-21(16-12-19(35-23(16)28-24)22(31)26-15-4-5-15)20(29-34-10-9-30-7-1-2-8-30)14-3-6-17-18(11-14)33-13-32-17/h3,6,11-12,15H,1-2,4-5,7-10,13H2,(H,26,31)(H2,25,27,28)/b29-20-. The molecule has 1 saturated heterocycles. The van der Waals surface area contributed by atoms with E-state index in [1.54, 1.807) is 6.07 Å². The number of thiophene rings is 1. The first-order chi connectivity index (χ1) is 17.1. The highest BCUT2D eigenvalue weighted by atomic mass is 32.1. The van der Waals surface area contributed by atoms with Gasteiger partial charge in [0, 0.05) is 23.5 Å². The SMILES string of the molecule is Nc1nc(/C(=N\OCCN2CCCC2)c2ccc3c(c2)OCO3)c2cc(C(=O)NC3CC3)sc2n1. The van der Waals surface area contributed by atoms with Crippen LogP contribution in [0.15, 0.2) is 29.4 Å². The van der Waals surface area contributed by atoms with Gasteiger partial charge in [-0.3, -0.25) is 9.69 Å². The number of rotatable bonds is 8. The minimum Gasteiger partial charge on any atom is -0.454 e. The Labute approximate surface area is 206 Å². The highest BCUT2D eigenvalue weighted by Crippen LogP contribution is 2.35. The third kappa shape index (κ3) is 4.73. The fraction of sp³-hybridized carbons (Fsp3) is 0.417. The third-order valence-corrected chi connectivity index (χ3v) is 7.30. The Bertz CT molecular complexity index is 1300. The van der Waals surface area contributed by atoms with E-state index in [1.165, 1.54) is 24.2 Å². The highest BCUT2D eigenvalue weighted by molar-refractivity contribution is 7.20. The maximum Gasteiger partial charge on any atom is 0.261 e. The number of oxime groups is 1. The van der Waals surface area contributed by atoms with Crippen LogP contribution >= 0.6 is 11.3 Å². The molecule has 2 fully saturated rings. The Morgan fingerprint density at radius 1 is 1.20 bits per heavy atom. The van der Waals surface area contributed by atoms with E-state index in [9.17, 15) is 4.79 Å². The number of carbonyl (C=O) groups excluding carboxylic acids is 1. The Hall–Kier alpha value is -3.44. The van der Waals surface area contributed by atoms with Crippen molar-refractivity contribution in [2.75, 3.05) is 38.8 Å². The minimum absolute atomic E-state index is 0.106. The van der Waals surface area contributed by atoms with Gasteiger partial charge in [-0.1, -0.05) is 5.16 Å². The summed E-state index contributed by atoms with van der Waals surface area (Å²) in [4.78, 5) is 30.9. The second kappa shape index (κ2) is 9.31. The molecule has 182 valence electrons. The molecule has 2 aliphatic heterocycles. The molecule has 0 unspecified atom stereocenters. The van der Waals surface area contributed by atoms with Crippen LogP contribution in [0.2, 0.25) is 0 Å². The first-order valence-corrected chi connectivity index (χ1v) is 12.7. The van der Waals surface area contributed by atoms with E-state index in [0.717, 1.165) is 38.0 Å². The molecule has 0 bridgehead atoms. The quantitative estimate of drug-likeness (QED) is 0.278. The number of ether oxygens (including phenoxy) is 2. The summed E-state index contributed by atoms with van der Waals surface area (Å²) in [6, 6.07) is 7.63. The van der Waals surface area contributed by atoms with Crippen molar-refractivity contribution in [3.05, 3.63) is 40.4 Å². The summed E-state index contributed by atoms with van der Waals surface area (Å²) in [5, 5.41) is 8.23. The van der Waals surface area contributed by atoms with Gasteiger partial charge in [0.2, 0.25) is 12.7 Å². The number of hydrogen-bond donors (Lipinski definition) is 2. The van der Waals surface area contributed by atoms with Crippen molar-refractivity contribution in [3.63, 3.8) is 0 Å². The number of likely N-dealkylation sites (tertiary alicyclic amines) is 1.